The maximum atomic E-state index is 8.32. The van der Waals surface area contributed by atoms with Crippen molar-refractivity contribution in [2.75, 3.05) is 7.11 Å². The van der Waals surface area contributed by atoms with E-state index in [4.69, 9.17) is 10.00 Å². The lowest BCUT2D eigenvalue weighted by molar-refractivity contribution is 0.414. The van der Waals surface area contributed by atoms with Gasteiger partial charge in [-0.15, -0.1) is 0 Å². The molecule has 70 valence electrons. The molecule has 0 N–H and O–H groups in total. The van der Waals surface area contributed by atoms with Gasteiger partial charge in [-0.05, 0) is 30.7 Å². The number of hydrogen-bond acceptors (Lipinski definition) is 2. The van der Waals surface area contributed by atoms with Crippen molar-refractivity contribution in [1.29, 1.82) is 5.26 Å². The number of benzene rings is 1. The quantitative estimate of drug-likeness (QED) is 0.629. The van der Waals surface area contributed by atoms with Crippen molar-refractivity contribution >= 4 is 0 Å². The number of nitriles is 1. The summed E-state index contributed by atoms with van der Waals surface area (Å²) in [6, 6.07) is 7.67. The molecule has 1 aromatic carbocycles. The first-order valence-electron chi connectivity index (χ1n) is 4.28. The third-order valence-corrected chi connectivity index (χ3v) is 1.82. The first kappa shape index (κ1) is 10.2. The van der Waals surface area contributed by atoms with Crippen LogP contribution in [0.15, 0.2) is 18.2 Å². The Morgan fingerprint density at radius 3 is 2.79 bits per heavy atom. The predicted molar refractivity (Wildman–Crippen MR) is 54.8 cm³/mol. The van der Waals surface area contributed by atoms with Gasteiger partial charge in [0.15, 0.2) is 0 Å². The number of methoxy groups -OCH3 is 1. The van der Waals surface area contributed by atoms with Crippen LogP contribution in [0.25, 0.3) is 0 Å². The molecule has 0 aliphatic carbocycles. The lowest BCUT2D eigenvalue weighted by atomic mass is 10.1. The zero-order valence-corrected chi connectivity index (χ0v) is 8.29. The molecular formula is C12H11NO. The predicted octanol–water partition coefficient (Wildman–Crippen LogP) is 2.27. The van der Waals surface area contributed by atoms with Crippen molar-refractivity contribution in [2.45, 2.75) is 13.3 Å². The Morgan fingerprint density at radius 2 is 2.21 bits per heavy atom. The summed E-state index contributed by atoms with van der Waals surface area (Å²) in [5, 5.41) is 8.32. The minimum atomic E-state index is 0.269. The largest absolute Gasteiger partial charge is 0.497 e. The van der Waals surface area contributed by atoms with Gasteiger partial charge in [0, 0.05) is 5.56 Å². The molecule has 0 fully saturated rings. The van der Waals surface area contributed by atoms with Crippen molar-refractivity contribution in [3.8, 4) is 23.7 Å². The van der Waals surface area contributed by atoms with Gasteiger partial charge in [0.1, 0.15) is 5.75 Å². The van der Waals surface area contributed by atoms with Gasteiger partial charge in [0.2, 0.25) is 0 Å². The second kappa shape index (κ2) is 4.94. The molecule has 0 amide bonds. The SMILES string of the molecule is COc1ccc(C#CCC#N)c(C)c1. The van der Waals surface area contributed by atoms with Crippen LogP contribution >= 0.6 is 0 Å². The molecule has 0 saturated carbocycles. The zero-order chi connectivity index (χ0) is 10.4. The van der Waals surface area contributed by atoms with Crippen molar-refractivity contribution in [3.63, 3.8) is 0 Å². The highest BCUT2D eigenvalue weighted by Crippen LogP contribution is 2.15. The number of aryl methyl sites for hydroxylation is 1. The number of nitrogens with zero attached hydrogens (tertiary/aromatic N) is 1. The number of rotatable bonds is 1. The fourth-order valence-corrected chi connectivity index (χ4v) is 1.08. The van der Waals surface area contributed by atoms with E-state index in [1.807, 2.05) is 31.2 Å². The summed E-state index contributed by atoms with van der Waals surface area (Å²) in [5.41, 5.74) is 2.01. The van der Waals surface area contributed by atoms with Gasteiger partial charge in [-0.3, -0.25) is 0 Å². The molecule has 0 aliphatic heterocycles. The Bertz CT molecular complexity index is 418. The van der Waals surface area contributed by atoms with Crippen molar-refractivity contribution < 1.29 is 4.74 Å². The Balaban J connectivity index is 2.92. The van der Waals surface area contributed by atoms with Crippen molar-refractivity contribution in [1.82, 2.24) is 0 Å². The average molecular weight is 185 g/mol. The van der Waals surface area contributed by atoms with Crippen molar-refractivity contribution in [3.05, 3.63) is 29.3 Å². The van der Waals surface area contributed by atoms with E-state index in [0.717, 1.165) is 16.9 Å². The van der Waals surface area contributed by atoms with E-state index >= 15 is 0 Å². The van der Waals surface area contributed by atoms with E-state index in [1.165, 1.54) is 0 Å². The van der Waals surface area contributed by atoms with Crippen LogP contribution in [0.3, 0.4) is 0 Å². The lowest BCUT2D eigenvalue weighted by Crippen LogP contribution is -1.86. The summed E-state index contributed by atoms with van der Waals surface area (Å²) in [7, 11) is 1.63. The molecule has 0 bridgehead atoms. The molecule has 14 heavy (non-hydrogen) atoms. The van der Waals surface area contributed by atoms with E-state index in [1.54, 1.807) is 7.11 Å². The van der Waals surface area contributed by atoms with E-state index in [-0.39, 0.29) is 6.42 Å². The molecule has 1 rings (SSSR count). The van der Waals surface area contributed by atoms with Gasteiger partial charge in [0.25, 0.3) is 0 Å². The smallest absolute Gasteiger partial charge is 0.119 e. The zero-order valence-electron chi connectivity index (χ0n) is 8.29. The topological polar surface area (TPSA) is 33.0 Å². The molecule has 0 atom stereocenters. The highest BCUT2D eigenvalue weighted by Gasteiger charge is 1.96. The van der Waals surface area contributed by atoms with Crippen LogP contribution in [-0.4, -0.2) is 7.11 Å². The van der Waals surface area contributed by atoms with Gasteiger partial charge < -0.3 is 4.74 Å². The molecule has 0 heterocycles. The molecule has 0 radical (unpaired) electrons. The summed E-state index contributed by atoms with van der Waals surface area (Å²) in [6.07, 6.45) is 0.269. The standard InChI is InChI=1S/C12H11NO/c1-10-9-12(14-2)7-6-11(10)5-3-4-8-13/h6-7,9H,4H2,1-2H3. The second-order valence-electron chi connectivity index (χ2n) is 2.82. The molecular weight excluding hydrogens is 174 g/mol. The third kappa shape index (κ3) is 2.54. The van der Waals surface area contributed by atoms with Crippen LogP contribution in [0.4, 0.5) is 0 Å². The molecule has 0 aromatic heterocycles. The highest BCUT2D eigenvalue weighted by molar-refractivity contribution is 5.44. The fourth-order valence-electron chi connectivity index (χ4n) is 1.08. The molecule has 2 heteroatoms. The lowest BCUT2D eigenvalue weighted by Gasteiger charge is -2.02. The van der Waals surface area contributed by atoms with Crippen LogP contribution in [0.5, 0.6) is 5.75 Å². The maximum Gasteiger partial charge on any atom is 0.119 e. The first-order chi connectivity index (χ1) is 6.77. The summed E-state index contributed by atoms with van der Waals surface area (Å²) in [5.74, 6) is 6.54. The molecule has 0 aliphatic rings. The maximum absolute atomic E-state index is 8.32. The van der Waals surface area contributed by atoms with E-state index in [0.29, 0.717) is 0 Å². The average Bonchev–Trinajstić information content (AvgIpc) is 2.20. The van der Waals surface area contributed by atoms with Crippen LogP contribution in [0.1, 0.15) is 17.5 Å². The Labute approximate surface area is 84.1 Å². The van der Waals surface area contributed by atoms with E-state index < -0.39 is 0 Å². The van der Waals surface area contributed by atoms with Gasteiger partial charge >= 0.3 is 0 Å². The normalized spacial score (nSPS) is 8.36. The van der Waals surface area contributed by atoms with Crippen LogP contribution in [0.2, 0.25) is 0 Å². The van der Waals surface area contributed by atoms with Gasteiger partial charge in [0.05, 0.1) is 19.6 Å². The molecule has 0 unspecified atom stereocenters. The second-order valence-corrected chi connectivity index (χ2v) is 2.82. The van der Waals surface area contributed by atoms with Crippen LogP contribution in [0, 0.1) is 30.1 Å². The highest BCUT2D eigenvalue weighted by atomic mass is 16.5. The number of hydrogen-bond donors (Lipinski definition) is 0. The van der Waals surface area contributed by atoms with Gasteiger partial charge in [-0.2, -0.15) is 5.26 Å². The number of ether oxygens (including phenoxy) is 1. The first-order valence-corrected chi connectivity index (χ1v) is 4.28. The summed E-state index contributed by atoms with van der Waals surface area (Å²) in [4.78, 5) is 0. The third-order valence-electron chi connectivity index (χ3n) is 1.82. The van der Waals surface area contributed by atoms with Gasteiger partial charge in [-0.25, -0.2) is 0 Å². The van der Waals surface area contributed by atoms with Crippen LogP contribution in [-0.2, 0) is 0 Å². The van der Waals surface area contributed by atoms with Crippen molar-refractivity contribution in [2.24, 2.45) is 0 Å². The molecule has 0 spiro atoms. The molecule has 1 aromatic rings. The van der Waals surface area contributed by atoms with E-state index in [9.17, 15) is 0 Å². The van der Waals surface area contributed by atoms with Crippen LogP contribution < -0.4 is 4.74 Å². The summed E-state index contributed by atoms with van der Waals surface area (Å²) in [6.45, 7) is 1.97. The minimum Gasteiger partial charge on any atom is -0.497 e. The Kier molecular flexibility index (Phi) is 3.58. The van der Waals surface area contributed by atoms with E-state index in [2.05, 4.69) is 11.8 Å². The molecule has 2 nitrogen and oxygen atoms in total. The monoisotopic (exact) mass is 185 g/mol. The molecule has 0 saturated heterocycles. The minimum absolute atomic E-state index is 0.269. The fraction of sp³-hybridized carbons (Fsp3) is 0.250. The Morgan fingerprint density at radius 1 is 1.43 bits per heavy atom. The van der Waals surface area contributed by atoms with Gasteiger partial charge in [-0.1, -0.05) is 11.8 Å². The summed E-state index contributed by atoms with van der Waals surface area (Å²) >= 11 is 0. The summed E-state index contributed by atoms with van der Waals surface area (Å²) < 4.78 is 5.08. The Hall–Kier alpha value is -1.93.